The molecule has 5 rings (SSSR count). The molecule has 0 unspecified atom stereocenters. The van der Waals surface area contributed by atoms with Crippen molar-refractivity contribution in [3.63, 3.8) is 0 Å². The first kappa shape index (κ1) is 20.1. The standard InChI is InChI=1S/C24H25N7O/c1-29-15-21(13-27-29)18-6-5-7-19(10-18)24-25-11-20(12-26-24)22-14-28-31(16-22)17-23(32)30-8-3-2-4-9-30/h5-7,10-16H,2-4,8-9,17H2,1H3/p+1. The molecule has 8 nitrogen and oxygen atoms in total. The average molecular weight is 429 g/mol. The molecule has 0 aliphatic carbocycles. The Balaban J connectivity index is 1.30. The monoisotopic (exact) mass is 428 g/mol. The highest BCUT2D eigenvalue weighted by atomic mass is 16.2. The minimum Gasteiger partial charge on any atom is -0.341 e. The van der Waals surface area contributed by atoms with E-state index in [1.54, 1.807) is 23.3 Å². The van der Waals surface area contributed by atoms with E-state index in [0.717, 1.165) is 53.7 Å². The molecule has 3 aromatic heterocycles. The van der Waals surface area contributed by atoms with Gasteiger partial charge in [0.2, 0.25) is 12.1 Å². The Bertz CT molecular complexity index is 1220. The van der Waals surface area contributed by atoms with Gasteiger partial charge in [-0.15, -0.1) is 4.68 Å². The zero-order valence-electron chi connectivity index (χ0n) is 18.1. The lowest BCUT2D eigenvalue weighted by molar-refractivity contribution is -0.726. The first-order chi connectivity index (χ1) is 15.7. The molecule has 1 aromatic carbocycles. The van der Waals surface area contributed by atoms with Crippen LogP contribution < -0.4 is 4.68 Å². The molecule has 1 aliphatic rings. The Kier molecular flexibility index (Phi) is 5.49. The summed E-state index contributed by atoms with van der Waals surface area (Å²) >= 11 is 0. The summed E-state index contributed by atoms with van der Waals surface area (Å²) in [6.07, 6.45) is 14.6. The fourth-order valence-electron chi connectivity index (χ4n) is 4.06. The molecule has 1 saturated heterocycles. The predicted octanol–water partition coefficient (Wildman–Crippen LogP) is 2.84. The van der Waals surface area contributed by atoms with Gasteiger partial charge in [-0.3, -0.25) is 9.48 Å². The summed E-state index contributed by atoms with van der Waals surface area (Å²) < 4.78 is 3.61. The van der Waals surface area contributed by atoms with Crippen molar-refractivity contribution in [2.45, 2.75) is 25.8 Å². The molecular formula is C24H26N7O+. The van der Waals surface area contributed by atoms with Crippen LogP contribution >= 0.6 is 0 Å². The second-order valence-corrected chi connectivity index (χ2v) is 8.21. The summed E-state index contributed by atoms with van der Waals surface area (Å²) in [5.74, 6) is 0.796. The number of aryl methyl sites for hydroxylation is 1. The lowest BCUT2D eigenvalue weighted by Crippen LogP contribution is -2.37. The van der Waals surface area contributed by atoms with E-state index in [9.17, 15) is 4.79 Å². The molecule has 1 amide bonds. The Morgan fingerprint density at radius 3 is 2.53 bits per heavy atom. The lowest BCUT2D eigenvalue weighted by Gasteiger charge is -2.26. The molecule has 1 aliphatic heterocycles. The molecule has 8 heteroatoms. The highest BCUT2D eigenvalue weighted by Crippen LogP contribution is 2.24. The minimum absolute atomic E-state index is 0.127. The maximum Gasteiger partial charge on any atom is 0.244 e. The van der Waals surface area contributed by atoms with Gasteiger partial charge in [0.25, 0.3) is 0 Å². The van der Waals surface area contributed by atoms with E-state index >= 15 is 0 Å². The molecule has 0 saturated carbocycles. The van der Waals surface area contributed by atoms with Crippen LogP contribution in [-0.2, 0) is 18.4 Å². The zero-order valence-corrected chi connectivity index (χ0v) is 18.1. The highest BCUT2D eigenvalue weighted by Gasteiger charge is 2.17. The largest absolute Gasteiger partial charge is 0.341 e. The summed E-state index contributed by atoms with van der Waals surface area (Å²) in [5.41, 5.74) is 4.95. The van der Waals surface area contributed by atoms with Gasteiger partial charge < -0.3 is 4.90 Å². The molecule has 1 fully saturated rings. The molecular weight excluding hydrogens is 402 g/mol. The van der Waals surface area contributed by atoms with E-state index in [1.807, 2.05) is 47.4 Å². The maximum atomic E-state index is 12.5. The number of hydrogen-bond donors (Lipinski definition) is 1. The van der Waals surface area contributed by atoms with E-state index in [1.165, 1.54) is 6.42 Å². The van der Waals surface area contributed by atoms with Gasteiger partial charge in [-0.05, 0) is 30.9 Å². The number of hydrogen-bond acceptors (Lipinski definition) is 4. The number of nitrogens with one attached hydrogen (secondary N) is 1. The topological polar surface area (TPSA) is 83.6 Å². The molecule has 32 heavy (non-hydrogen) atoms. The van der Waals surface area contributed by atoms with E-state index in [2.05, 4.69) is 32.3 Å². The number of nitrogens with zero attached hydrogens (tertiary/aromatic N) is 6. The van der Waals surface area contributed by atoms with Gasteiger partial charge in [-0.1, -0.05) is 18.2 Å². The van der Waals surface area contributed by atoms with Gasteiger partial charge in [-0.25, -0.2) is 9.97 Å². The van der Waals surface area contributed by atoms with E-state index in [0.29, 0.717) is 5.82 Å². The molecule has 1 N–H and O–H groups in total. The second kappa shape index (κ2) is 8.74. The third-order valence-electron chi connectivity index (χ3n) is 5.83. The predicted molar refractivity (Wildman–Crippen MR) is 120 cm³/mol. The smallest absolute Gasteiger partial charge is 0.244 e. The first-order valence-corrected chi connectivity index (χ1v) is 10.9. The number of benzene rings is 1. The number of likely N-dealkylation sites (tertiary alicyclic amines) is 1. The maximum absolute atomic E-state index is 12.5. The van der Waals surface area contributed by atoms with Crippen molar-refractivity contribution >= 4 is 5.91 Å². The van der Waals surface area contributed by atoms with E-state index in [-0.39, 0.29) is 12.5 Å². The van der Waals surface area contributed by atoms with Crippen molar-refractivity contribution in [2.24, 2.45) is 7.05 Å². The Hall–Kier alpha value is -3.81. The molecule has 4 heterocycles. The van der Waals surface area contributed by atoms with Gasteiger partial charge >= 0.3 is 0 Å². The van der Waals surface area contributed by atoms with Crippen molar-refractivity contribution in [1.29, 1.82) is 0 Å². The van der Waals surface area contributed by atoms with Crippen LogP contribution in [0.25, 0.3) is 33.6 Å². The Morgan fingerprint density at radius 2 is 1.78 bits per heavy atom. The van der Waals surface area contributed by atoms with Crippen LogP contribution in [0.1, 0.15) is 19.3 Å². The molecule has 162 valence electrons. The zero-order chi connectivity index (χ0) is 21.9. The summed E-state index contributed by atoms with van der Waals surface area (Å²) in [4.78, 5) is 23.6. The third-order valence-corrected chi connectivity index (χ3v) is 5.83. The van der Waals surface area contributed by atoms with Crippen molar-refractivity contribution in [3.05, 3.63) is 61.4 Å². The number of carbonyl (C=O) groups excluding carboxylic acids is 1. The quantitative estimate of drug-likeness (QED) is 0.496. The number of carbonyl (C=O) groups is 1. The molecule has 0 bridgehead atoms. The molecule has 0 radical (unpaired) electrons. The van der Waals surface area contributed by atoms with Crippen LogP contribution in [0.15, 0.2) is 61.4 Å². The van der Waals surface area contributed by atoms with Crippen LogP contribution in [0.3, 0.4) is 0 Å². The number of rotatable bonds is 5. The van der Waals surface area contributed by atoms with Crippen molar-refractivity contribution in [1.82, 2.24) is 29.7 Å². The van der Waals surface area contributed by atoms with Gasteiger partial charge in [0, 0.05) is 48.4 Å². The highest BCUT2D eigenvalue weighted by molar-refractivity contribution is 5.76. The normalized spacial score (nSPS) is 14.0. The lowest BCUT2D eigenvalue weighted by atomic mass is 10.1. The molecule has 0 spiro atoms. The van der Waals surface area contributed by atoms with Crippen LogP contribution in [0.2, 0.25) is 0 Å². The molecule has 0 atom stereocenters. The summed E-state index contributed by atoms with van der Waals surface area (Å²) in [7, 11) is 1.96. The van der Waals surface area contributed by atoms with Crippen molar-refractivity contribution < 1.29 is 9.48 Å². The summed E-state index contributed by atoms with van der Waals surface area (Å²) in [5, 5.41) is 7.50. The van der Waals surface area contributed by atoms with E-state index in [4.69, 9.17) is 0 Å². The average Bonchev–Trinajstić information content (AvgIpc) is 3.49. The van der Waals surface area contributed by atoms with E-state index < -0.39 is 0 Å². The first-order valence-electron chi connectivity index (χ1n) is 10.9. The second-order valence-electron chi connectivity index (χ2n) is 8.21. The van der Waals surface area contributed by atoms with Crippen molar-refractivity contribution in [2.75, 3.05) is 13.1 Å². The Labute approximate surface area is 186 Å². The van der Waals surface area contributed by atoms with Crippen LogP contribution in [-0.4, -0.2) is 48.7 Å². The third kappa shape index (κ3) is 4.30. The summed E-state index contributed by atoms with van der Waals surface area (Å²) in [6, 6.07) is 8.18. The number of aromatic amines is 1. The summed E-state index contributed by atoms with van der Waals surface area (Å²) in [6.45, 7) is 1.97. The minimum atomic E-state index is 0.127. The number of aromatic nitrogens is 6. The number of amides is 1. The number of piperidine rings is 1. The van der Waals surface area contributed by atoms with Crippen molar-refractivity contribution in [3.8, 4) is 33.6 Å². The molecule has 4 aromatic rings. The number of H-pyrrole nitrogens is 1. The Morgan fingerprint density at radius 1 is 1.00 bits per heavy atom. The van der Waals surface area contributed by atoms with Gasteiger partial charge in [0.05, 0.1) is 18.0 Å². The van der Waals surface area contributed by atoms with Crippen LogP contribution in [0.5, 0.6) is 0 Å². The SMILES string of the molecule is C[n+]1cc(-c2cccc(-c3ncc(-c4cnn(CC(=O)N5CCCCC5)c4)cn3)c2)c[nH]1. The van der Waals surface area contributed by atoms with Crippen LogP contribution in [0.4, 0.5) is 0 Å². The van der Waals surface area contributed by atoms with Crippen LogP contribution in [0, 0.1) is 0 Å². The van der Waals surface area contributed by atoms with Gasteiger partial charge in [0.15, 0.2) is 12.9 Å². The van der Waals surface area contributed by atoms with Gasteiger partial charge in [-0.2, -0.15) is 10.2 Å². The fraction of sp³-hybridized carbons (Fsp3) is 0.292. The van der Waals surface area contributed by atoms with Gasteiger partial charge in [0.1, 0.15) is 6.54 Å². The fourth-order valence-corrected chi connectivity index (χ4v) is 4.06.